The highest BCUT2D eigenvalue weighted by atomic mass is 32.2. The predicted molar refractivity (Wildman–Crippen MR) is 104 cm³/mol. The van der Waals surface area contributed by atoms with E-state index in [1.807, 2.05) is 6.07 Å². The van der Waals surface area contributed by atoms with Crippen LogP contribution in [0.15, 0.2) is 65.6 Å². The number of methoxy groups -OCH3 is 1. The van der Waals surface area contributed by atoms with Gasteiger partial charge in [0.05, 0.1) is 30.0 Å². The molecule has 142 valence electrons. The molecule has 1 heterocycles. The number of hydrogen-bond acceptors (Lipinski definition) is 6. The first-order valence-corrected chi connectivity index (χ1v) is 9.74. The number of rotatable bonds is 6. The minimum atomic E-state index is -3.88. The second kappa shape index (κ2) is 8.08. The quantitative estimate of drug-likeness (QED) is 0.664. The fourth-order valence-electron chi connectivity index (χ4n) is 2.60. The van der Waals surface area contributed by atoms with Crippen LogP contribution in [0.2, 0.25) is 0 Å². The van der Waals surface area contributed by atoms with E-state index < -0.39 is 10.0 Å². The Hall–Kier alpha value is -3.41. The van der Waals surface area contributed by atoms with Crippen molar-refractivity contribution < 1.29 is 18.3 Å². The zero-order chi connectivity index (χ0) is 20.1. The van der Waals surface area contributed by atoms with E-state index in [-0.39, 0.29) is 28.6 Å². The summed E-state index contributed by atoms with van der Waals surface area (Å²) >= 11 is 0. The first-order valence-electron chi connectivity index (χ1n) is 8.25. The standard InChI is InChI=1S/C20H17N3O4S/c1-27-20-16(12-21)11-18(23-28(25,26)17-5-3-2-4-6-17)19(22-20)15-9-7-14(13-24)8-10-15/h2-11,23-24H,13H2,1H3. The average Bonchev–Trinajstić information content (AvgIpc) is 2.74. The Morgan fingerprint density at radius 1 is 1.14 bits per heavy atom. The molecule has 0 amide bonds. The zero-order valence-electron chi connectivity index (χ0n) is 15.0. The van der Waals surface area contributed by atoms with E-state index in [9.17, 15) is 18.8 Å². The van der Waals surface area contributed by atoms with Gasteiger partial charge >= 0.3 is 0 Å². The summed E-state index contributed by atoms with van der Waals surface area (Å²) in [7, 11) is -2.50. The summed E-state index contributed by atoms with van der Waals surface area (Å²) < 4.78 is 33.2. The Kier molecular flexibility index (Phi) is 5.59. The number of anilines is 1. The van der Waals surface area contributed by atoms with Crippen molar-refractivity contribution in [3.63, 3.8) is 0 Å². The minimum Gasteiger partial charge on any atom is -0.480 e. The van der Waals surface area contributed by atoms with Gasteiger partial charge in [-0.3, -0.25) is 4.72 Å². The molecule has 0 aliphatic rings. The SMILES string of the molecule is COc1nc(-c2ccc(CO)cc2)c(NS(=O)(=O)c2ccccc2)cc1C#N. The Bertz CT molecular complexity index is 1120. The third-order valence-corrected chi connectivity index (χ3v) is 5.39. The maximum atomic E-state index is 12.8. The molecule has 0 aliphatic heterocycles. The molecule has 0 radical (unpaired) electrons. The molecule has 2 aromatic carbocycles. The summed E-state index contributed by atoms with van der Waals surface area (Å²) in [6, 6.07) is 18.1. The number of hydrogen-bond donors (Lipinski definition) is 2. The molecule has 8 heteroatoms. The smallest absolute Gasteiger partial charge is 0.261 e. The van der Waals surface area contributed by atoms with E-state index in [4.69, 9.17) is 4.74 Å². The monoisotopic (exact) mass is 395 g/mol. The Morgan fingerprint density at radius 3 is 2.39 bits per heavy atom. The highest BCUT2D eigenvalue weighted by molar-refractivity contribution is 7.92. The van der Waals surface area contributed by atoms with E-state index >= 15 is 0 Å². The van der Waals surface area contributed by atoms with Crippen molar-refractivity contribution in [1.82, 2.24) is 4.98 Å². The summed E-state index contributed by atoms with van der Waals surface area (Å²) in [5, 5.41) is 18.6. The van der Waals surface area contributed by atoms with Crippen molar-refractivity contribution >= 4 is 15.7 Å². The van der Waals surface area contributed by atoms with E-state index in [0.29, 0.717) is 16.8 Å². The maximum Gasteiger partial charge on any atom is 0.261 e. The van der Waals surface area contributed by atoms with Crippen molar-refractivity contribution in [2.75, 3.05) is 11.8 Å². The van der Waals surface area contributed by atoms with Crippen LogP contribution >= 0.6 is 0 Å². The molecule has 0 spiro atoms. The van der Waals surface area contributed by atoms with Crippen LogP contribution in [0.1, 0.15) is 11.1 Å². The van der Waals surface area contributed by atoms with Gasteiger partial charge in [-0.1, -0.05) is 42.5 Å². The fraction of sp³-hybridized carbons (Fsp3) is 0.100. The summed E-state index contributed by atoms with van der Waals surface area (Å²) in [6.45, 7) is -0.113. The van der Waals surface area contributed by atoms with Crippen LogP contribution in [-0.2, 0) is 16.6 Å². The Morgan fingerprint density at radius 2 is 1.82 bits per heavy atom. The van der Waals surface area contributed by atoms with Crippen LogP contribution in [0.3, 0.4) is 0 Å². The average molecular weight is 395 g/mol. The molecule has 0 unspecified atom stereocenters. The van der Waals surface area contributed by atoms with Crippen LogP contribution in [0.5, 0.6) is 5.88 Å². The highest BCUT2D eigenvalue weighted by Gasteiger charge is 2.20. The van der Waals surface area contributed by atoms with Crippen LogP contribution in [0.4, 0.5) is 5.69 Å². The molecule has 3 aromatic rings. The number of nitriles is 1. The van der Waals surface area contributed by atoms with E-state index in [1.54, 1.807) is 42.5 Å². The van der Waals surface area contributed by atoms with Crippen molar-refractivity contribution in [2.24, 2.45) is 0 Å². The predicted octanol–water partition coefficient (Wildman–Crippen LogP) is 2.92. The molecule has 0 fully saturated rings. The first kappa shape index (κ1) is 19.4. The van der Waals surface area contributed by atoms with Crippen molar-refractivity contribution in [3.05, 3.63) is 71.8 Å². The molecule has 28 heavy (non-hydrogen) atoms. The molecule has 1 aromatic heterocycles. The lowest BCUT2D eigenvalue weighted by molar-refractivity contribution is 0.282. The second-order valence-corrected chi connectivity index (χ2v) is 7.51. The first-order chi connectivity index (χ1) is 13.5. The maximum absolute atomic E-state index is 12.8. The zero-order valence-corrected chi connectivity index (χ0v) is 15.8. The van der Waals surface area contributed by atoms with Crippen molar-refractivity contribution in [3.8, 4) is 23.2 Å². The molecule has 0 aliphatic carbocycles. The molecule has 0 saturated heterocycles. The number of aliphatic hydroxyl groups excluding tert-OH is 1. The number of aliphatic hydroxyl groups is 1. The van der Waals surface area contributed by atoms with Gasteiger partial charge in [-0.25, -0.2) is 13.4 Å². The number of aromatic nitrogens is 1. The van der Waals surface area contributed by atoms with Gasteiger partial charge in [0.15, 0.2) is 0 Å². The molecule has 0 atom stereocenters. The summed E-state index contributed by atoms with van der Waals surface area (Å²) in [5.41, 5.74) is 1.86. The lowest BCUT2D eigenvalue weighted by Crippen LogP contribution is -2.14. The van der Waals surface area contributed by atoms with Gasteiger partial charge in [0.1, 0.15) is 11.6 Å². The second-order valence-electron chi connectivity index (χ2n) is 5.83. The van der Waals surface area contributed by atoms with Crippen LogP contribution in [0.25, 0.3) is 11.3 Å². The molecular weight excluding hydrogens is 378 g/mol. The van der Waals surface area contributed by atoms with Gasteiger partial charge in [0.25, 0.3) is 10.0 Å². The largest absolute Gasteiger partial charge is 0.480 e. The molecule has 0 saturated carbocycles. The molecule has 0 bridgehead atoms. The van der Waals surface area contributed by atoms with Crippen LogP contribution in [0, 0.1) is 11.3 Å². The number of nitrogens with one attached hydrogen (secondary N) is 1. The van der Waals surface area contributed by atoms with Gasteiger partial charge in [0, 0.05) is 5.56 Å². The van der Waals surface area contributed by atoms with E-state index in [0.717, 1.165) is 0 Å². The number of sulfonamides is 1. The van der Waals surface area contributed by atoms with Crippen molar-refractivity contribution in [1.29, 1.82) is 5.26 Å². The topological polar surface area (TPSA) is 112 Å². The number of ether oxygens (including phenoxy) is 1. The third kappa shape index (κ3) is 3.96. The number of nitrogens with zero attached hydrogens (tertiary/aromatic N) is 2. The molecular formula is C20H17N3O4S. The van der Waals surface area contributed by atoms with Gasteiger partial charge in [-0.2, -0.15) is 5.26 Å². The van der Waals surface area contributed by atoms with Gasteiger partial charge in [-0.15, -0.1) is 0 Å². The molecule has 2 N–H and O–H groups in total. The lowest BCUT2D eigenvalue weighted by Gasteiger charge is -2.14. The van der Waals surface area contributed by atoms with Crippen LogP contribution < -0.4 is 9.46 Å². The minimum absolute atomic E-state index is 0.0888. The van der Waals surface area contributed by atoms with E-state index in [1.165, 1.54) is 25.3 Å². The lowest BCUT2D eigenvalue weighted by atomic mass is 10.1. The van der Waals surface area contributed by atoms with Crippen LogP contribution in [-0.4, -0.2) is 25.6 Å². The summed E-state index contributed by atoms with van der Waals surface area (Å²) in [6.07, 6.45) is 0. The number of benzene rings is 2. The third-order valence-electron chi connectivity index (χ3n) is 4.01. The van der Waals surface area contributed by atoms with E-state index in [2.05, 4.69) is 9.71 Å². The van der Waals surface area contributed by atoms with Gasteiger partial charge < -0.3 is 9.84 Å². The summed E-state index contributed by atoms with van der Waals surface area (Å²) in [4.78, 5) is 4.42. The normalized spacial score (nSPS) is 10.9. The molecule has 3 rings (SSSR count). The van der Waals surface area contributed by atoms with Gasteiger partial charge in [0.2, 0.25) is 5.88 Å². The fourth-order valence-corrected chi connectivity index (χ4v) is 3.68. The van der Waals surface area contributed by atoms with Gasteiger partial charge in [-0.05, 0) is 23.8 Å². The Labute approximate surface area is 162 Å². The van der Waals surface area contributed by atoms with Crippen molar-refractivity contribution in [2.45, 2.75) is 11.5 Å². The Balaban J connectivity index is 2.14. The summed E-state index contributed by atoms with van der Waals surface area (Å²) in [5.74, 6) is 0.0893. The molecule has 7 nitrogen and oxygen atoms in total. The highest BCUT2D eigenvalue weighted by Crippen LogP contribution is 2.32. The number of pyridine rings is 1.